The van der Waals surface area contributed by atoms with Crippen LogP contribution in [-0.2, 0) is 16.1 Å². The number of ether oxygens (including phenoxy) is 2. The number of aromatic nitrogens is 2. The van der Waals surface area contributed by atoms with Gasteiger partial charge in [0, 0.05) is 47.9 Å². The number of carboxylic acid groups (broad SMARTS) is 1. The van der Waals surface area contributed by atoms with E-state index in [1.807, 2.05) is 18.3 Å². The highest BCUT2D eigenvalue weighted by Crippen LogP contribution is 2.60. The van der Waals surface area contributed by atoms with Crippen LogP contribution in [0.1, 0.15) is 87.9 Å². The maximum Gasteiger partial charge on any atom is 0.326 e. The monoisotopic (exact) mass is 576 g/mol. The zero-order valence-electron chi connectivity index (χ0n) is 25.4. The number of rotatable bonds is 9. The fourth-order valence-electron chi connectivity index (χ4n) is 8.23. The molecule has 9 heteroatoms. The lowest BCUT2D eigenvalue weighted by molar-refractivity contribution is -0.153. The second-order valence-corrected chi connectivity index (χ2v) is 13.7. The van der Waals surface area contributed by atoms with E-state index in [2.05, 4.69) is 42.1 Å². The molecule has 0 radical (unpaired) electrons. The van der Waals surface area contributed by atoms with Gasteiger partial charge in [0.05, 0.1) is 20.3 Å². The minimum absolute atomic E-state index is 0.0437. The molecule has 6 rings (SSSR count). The molecule has 3 aliphatic carbocycles. The average Bonchev–Trinajstić information content (AvgIpc) is 3.25. The maximum absolute atomic E-state index is 14.4. The van der Waals surface area contributed by atoms with Crippen LogP contribution in [0.15, 0.2) is 30.6 Å². The van der Waals surface area contributed by atoms with E-state index in [0.29, 0.717) is 36.1 Å². The molecule has 42 heavy (non-hydrogen) atoms. The summed E-state index contributed by atoms with van der Waals surface area (Å²) in [6, 6.07) is 3.98. The van der Waals surface area contributed by atoms with E-state index in [1.165, 1.54) is 24.8 Å². The Kier molecular flexibility index (Phi) is 7.66. The summed E-state index contributed by atoms with van der Waals surface area (Å²) in [5.74, 6) is 0.713. The minimum Gasteiger partial charge on any atom is -0.481 e. The molecule has 2 aromatic rings. The first-order valence-corrected chi connectivity index (χ1v) is 15.5. The number of nitrogens with one attached hydrogen (secondary N) is 1. The van der Waals surface area contributed by atoms with E-state index < -0.39 is 23.5 Å². The summed E-state index contributed by atoms with van der Waals surface area (Å²) in [7, 11) is 3.19. The normalized spacial score (nSPS) is 30.5. The van der Waals surface area contributed by atoms with Crippen LogP contribution in [-0.4, -0.2) is 58.2 Å². The van der Waals surface area contributed by atoms with E-state index in [9.17, 15) is 14.7 Å². The zero-order valence-corrected chi connectivity index (χ0v) is 25.4. The molecular formula is C33H44N4O5. The summed E-state index contributed by atoms with van der Waals surface area (Å²) >= 11 is 0. The van der Waals surface area contributed by atoms with Gasteiger partial charge in [-0.15, -0.1) is 0 Å². The van der Waals surface area contributed by atoms with E-state index in [4.69, 9.17) is 9.47 Å². The Morgan fingerprint density at radius 2 is 1.74 bits per heavy atom. The first kappa shape index (κ1) is 28.9. The van der Waals surface area contributed by atoms with Gasteiger partial charge in [0.15, 0.2) is 0 Å². The van der Waals surface area contributed by atoms with Crippen molar-refractivity contribution < 1.29 is 24.2 Å². The molecule has 1 saturated heterocycles. The Bertz CT molecular complexity index is 1330. The van der Waals surface area contributed by atoms with Crippen molar-refractivity contribution in [1.82, 2.24) is 20.2 Å². The standard InChI is InChI=1S/C33H44N4O5/c1-33(2,3)25-26(35-17-20-15-19(18-9-6-10-18)16-36-29(20)41-4)27(23-13-8-14-34-30(23)42-5)37(28(25)32(39)40)31(38)24-21-11-7-12-22(21)24/h8,13-16,18,21-22,24-28,35H,6-7,9-12,17H2,1-5H3,(H,39,40)/t21?,22?,24?,25-,26-,27-,28-/m0/s1. The van der Waals surface area contributed by atoms with Crippen LogP contribution in [0.2, 0.25) is 0 Å². The highest BCUT2D eigenvalue weighted by atomic mass is 16.5. The maximum atomic E-state index is 14.4. The summed E-state index contributed by atoms with van der Waals surface area (Å²) < 4.78 is 11.4. The molecule has 1 aliphatic heterocycles. The Hall–Kier alpha value is -3.20. The SMILES string of the molecule is COc1ncc(C2CCC2)cc1CN[C@H]1[C@H](C(C)(C)C)[C@@H](C(=O)O)N(C(=O)C2C3CCCC32)[C@H]1c1cccnc1OC. The van der Waals surface area contributed by atoms with Gasteiger partial charge in [-0.1, -0.05) is 33.6 Å². The molecule has 3 saturated carbocycles. The van der Waals surface area contributed by atoms with Gasteiger partial charge in [-0.25, -0.2) is 14.8 Å². The van der Waals surface area contributed by atoms with E-state index in [1.54, 1.807) is 25.3 Å². The Morgan fingerprint density at radius 1 is 1.05 bits per heavy atom. The minimum atomic E-state index is -0.993. The molecule has 4 aliphatic rings. The van der Waals surface area contributed by atoms with Crippen molar-refractivity contribution in [3.8, 4) is 11.8 Å². The molecule has 0 spiro atoms. The number of carbonyl (C=O) groups is 2. The van der Waals surface area contributed by atoms with E-state index in [0.717, 1.165) is 30.4 Å². The highest BCUT2D eigenvalue weighted by molar-refractivity contribution is 5.89. The van der Waals surface area contributed by atoms with Crippen LogP contribution in [0.3, 0.4) is 0 Å². The van der Waals surface area contributed by atoms with Crippen molar-refractivity contribution >= 4 is 11.9 Å². The second-order valence-electron chi connectivity index (χ2n) is 13.7. The van der Waals surface area contributed by atoms with Gasteiger partial charge in [0.1, 0.15) is 6.04 Å². The Labute approximate surface area is 248 Å². The lowest BCUT2D eigenvalue weighted by Crippen LogP contribution is -2.48. The van der Waals surface area contributed by atoms with Crippen molar-refractivity contribution in [2.24, 2.45) is 29.1 Å². The van der Waals surface area contributed by atoms with Gasteiger partial charge >= 0.3 is 5.97 Å². The van der Waals surface area contributed by atoms with Crippen molar-refractivity contribution in [3.05, 3.63) is 47.3 Å². The molecule has 4 fully saturated rings. The van der Waals surface area contributed by atoms with Crippen molar-refractivity contribution in [2.45, 2.75) is 89.9 Å². The van der Waals surface area contributed by atoms with Crippen molar-refractivity contribution in [1.29, 1.82) is 0 Å². The van der Waals surface area contributed by atoms with Crippen molar-refractivity contribution in [2.75, 3.05) is 14.2 Å². The van der Waals surface area contributed by atoms with Gasteiger partial charge in [-0.05, 0) is 72.6 Å². The van der Waals surface area contributed by atoms with Gasteiger partial charge < -0.3 is 24.8 Å². The first-order valence-electron chi connectivity index (χ1n) is 15.5. The van der Waals surface area contributed by atoms with Crippen LogP contribution in [0.25, 0.3) is 0 Å². The molecule has 2 unspecified atom stereocenters. The molecule has 9 nitrogen and oxygen atoms in total. The van der Waals surface area contributed by atoms with Gasteiger partial charge in [0.25, 0.3) is 0 Å². The number of hydrogen-bond donors (Lipinski definition) is 2. The van der Waals surface area contributed by atoms with Crippen LogP contribution >= 0.6 is 0 Å². The molecule has 0 aromatic carbocycles. The number of methoxy groups -OCH3 is 2. The fourth-order valence-corrected chi connectivity index (χ4v) is 8.23. The van der Waals surface area contributed by atoms with Crippen LogP contribution in [0.5, 0.6) is 11.8 Å². The Morgan fingerprint density at radius 3 is 2.33 bits per heavy atom. The molecule has 6 atom stereocenters. The second kappa shape index (κ2) is 11.1. The molecule has 226 valence electrons. The molecule has 2 aromatic heterocycles. The number of carboxylic acids is 1. The molecule has 1 amide bonds. The van der Waals surface area contributed by atoms with E-state index >= 15 is 0 Å². The Balaban J connectivity index is 1.43. The number of likely N-dealkylation sites (tertiary alicyclic amines) is 1. The number of carbonyl (C=O) groups excluding carboxylic acids is 1. The number of amides is 1. The van der Waals surface area contributed by atoms with Gasteiger partial charge in [0.2, 0.25) is 17.7 Å². The topological polar surface area (TPSA) is 114 Å². The first-order chi connectivity index (χ1) is 20.2. The fraction of sp³-hybridized carbons (Fsp3) is 0.636. The highest BCUT2D eigenvalue weighted by Gasteiger charge is 2.64. The smallest absolute Gasteiger partial charge is 0.326 e. The third-order valence-corrected chi connectivity index (χ3v) is 10.4. The summed E-state index contributed by atoms with van der Waals surface area (Å²) in [5.41, 5.74) is 2.44. The zero-order chi connectivity index (χ0) is 29.8. The largest absolute Gasteiger partial charge is 0.481 e. The number of nitrogens with zero attached hydrogens (tertiary/aromatic N) is 3. The number of pyridine rings is 2. The summed E-state index contributed by atoms with van der Waals surface area (Å²) in [5, 5.41) is 14.5. The predicted octanol–water partition coefficient (Wildman–Crippen LogP) is 4.96. The predicted molar refractivity (Wildman–Crippen MR) is 157 cm³/mol. The van der Waals surface area contributed by atoms with Crippen molar-refractivity contribution in [3.63, 3.8) is 0 Å². The molecule has 2 N–H and O–H groups in total. The quantitative estimate of drug-likeness (QED) is 0.431. The summed E-state index contributed by atoms with van der Waals surface area (Å²) in [6.07, 6.45) is 10.4. The molecular weight excluding hydrogens is 532 g/mol. The summed E-state index contributed by atoms with van der Waals surface area (Å²) in [6.45, 7) is 6.63. The molecule has 0 bridgehead atoms. The average molecular weight is 577 g/mol. The van der Waals surface area contributed by atoms with Gasteiger partial charge in [-0.3, -0.25) is 4.79 Å². The van der Waals surface area contributed by atoms with Crippen LogP contribution in [0.4, 0.5) is 0 Å². The third-order valence-electron chi connectivity index (χ3n) is 10.4. The van der Waals surface area contributed by atoms with E-state index in [-0.39, 0.29) is 23.8 Å². The lowest BCUT2D eigenvalue weighted by atomic mass is 9.72. The lowest BCUT2D eigenvalue weighted by Gasteiger charge is -2.35. The number of fused-ring (bicyclic) bond motifs is 1. The van der Waals surface area contributed by atoms with Crippen LogP contribution < -0.4 is 14.8 Å². The van der Waals surface area contributed by atoms with Gasteiger partial charge in [-0.2, -0.15) is 0 Å². The molecule has 3 heterocycles. The summed E-state index contributed by atoms with van der Waals surface area (Å²) in [4.78, 5) is 38.4. The third kappa shape index (κ3) is 4.93. The number of aliphatic carboxylic acids is 1. The number of hydrogen-bond acceptors (Lipinski definition) is 7. The van der Waals surface area contributed by atoms with Crippen LogP contribution in [0, 0.1) is 29.1 Å².